The Morgan fingerprint density at radius 1 is 1.20 bits per heavy atom. The molecule has 3 nitrogen and oxygen atoms in total. The fourth-order valence-electron chi connectivity index (χ4n) is 2.98. The Labute approximate surface area is 122 Å². The zero-order valence-electron chi connectivity index (χ0n) is 13.0. The summed E-state index contributed by atoms with van der Waals surface area (Å²) < 4.78 is 5.52. The quantitative estimate of drug-likeness (QED) is 0.839. The Balaban J connectivity index is 1.93. The summed E-state index contributed by atoms with van der Waals surface area (Å²) in [7, 11) is 0. The molecule has 0 aromatic heterocycles. The van der Waals surface area contributed by atoms with Crippen molar-refractivity contribution in [3.8, 4) is 0 Å². The minimum Gasteiger partial charge on any atom is -0.396 e. The second-order valence-corrected chi connectivity index (χ2v) is 6.24. The Morgan fingerprint density at radius 3 is 2.60 bits per heavy atom. The molecule has 2 N–H and O–H groups in total. The number of aliphatic hydroxyl groups excluding tert-OH is 1. The summed E-state index contributed by atoms with van der Waals surface area (Å²) in [4.78, 5) is 0. The van der Waals surface area contributed by atoms with Crippen LogP contribution in [0.15, 0.2) is 12.1 Å². The molecule has 1 aliphatic rings. The molecule has 1 unspecified atom stereocenters. The van der Waals surface area contributed by atoms with E-state index in [-0.39, 0.29) is 12.0 Å². The van der Waals surface area contributed by atoms with Gasteiger partial charge in [-0.25, -0.2) is 0 Å². The van der Waals surface area contributed by atoms with E-state index in [1.54, 1.807) is 0 Å². The maximum absolute atomic E-state index is 9.24. The molecule has 112 valence electrons. The molecule has 1 aromatic carbocycles. The third kappa shape index (κ3) is 3.60. The summed E-state index contributed by atoms with van der Waals surface area (Å²) in [5, 5.41) is 12.8. The first-order valence-electron chi connectivity index (χ1n) is 7.52. The Morgan fingerprint density at radius 2 is 1.95 bits per heavy atom. The normalized spacial score (nSPS) is 22.4. The van der Waals surface area contributed by atoms with Gasteiger partial charge < -0.3 is 15.2 Å². The van der Waals surface area contributed by atoms with E-state index in [9.17, 15) is 5.11 Å². The lowest BCUT2D eigenvalue weighted by atomic mass is 9.84. The van der Waals surface area contributed by atoms with Gasteiger partial charge in [-0.15, -0.1) is 0 Å². The average Bonchev–Trinajstić information content (AvgIpc) is 2.85. The van der Waals surface area contributed by atoms with Gasteiger partial charge in [0.25, 0.3) is 0 Å². The van der Waals surface area contributed by atoms with Crippen LogP contribution in [-0.2, 0) is 11.3 Å². The zero-order valence-corrected chi connectivity index (χ0v) is 13.0. The van der Waals surface area contributed by atoms with Gasteiger partial charge in [0, 0.05) is 31.7 Å². The molecule has 20 heavy (non-hydrogen) atoms. The highest BCUT2D eigenvalue weighted by molar-refractivity contribution is 5.36. The fourth-order valence-corrected chi connectivity index (χ4v) is 2.98. The van der Waals surface area contributed by atoms with Crippen molar-refractivity contribution in [3.63, 3.8) is 0 Å². The third-order valence-electron chi connectivity index (χ3n) is 4.59. The minimum atomic E-state index is 0.127. The summed E-state index contributed by atoms with van der Waals surface area (Å²) in [6.45, 7) is 10.1. The Kier molecular flexibility index (Phi) is 5.19. The van der Waals surface area contributed by atoms with E-state index in [0.29, 0.717) is 0 Å². The molecular weight excluding hydrogens is 250 g/mol. The fraction of sp³-hybridized carbons (Fsp3) is 0.647. The second kappa shape index (κ2) is 6.70. The summed E-state index contributed by atoms with van der Waals surface area (Å²) in [6, 6.07) is 4.54. The highest BCUT2D eigenvalue weighted by Gasteiger charge is 2.33. The Bertz CT molecular complexity index is 451. The molecule has 0 spiro atoms. The maximum Gasteiger partial charge on any atom is 0.0536 e. The highest BCUT2D eigenvalue weighted by atomic mass is 16.5. The van der Waals surface area contributed by atoms with Crippen molar-refractivity contribution in [1.29, 1.82) is 0 Å². The number of nitrogens with one attached hydrogen (secondary N) is 1. The minimum absolute atomic E-state index is 0.127. The van der Waals surface area contributed by atoms with Gasteiger partial charge in [-0.2, -0.15) is 0 Å². The first-order valence-corrected chi connectivity index (χ1v) is 7.52. The molecule has 2 rings (SSSR count). The van der Waals surface area contributed by atoms with Crippen LogP contribution in [0.25, 0.3) is 0 Å². The number of hydrogen-bond donors (Lipinski definition) is 2. The first-order chi connectivity index (χ1) is 9.56. The average molecular weight is 277 g/mol. The molecule has 0 radical (unpaired) electrons. The standard InChI is InChI=1S/C17H27NO2/c1-13-8-15(3)16(9-14(13)2)10-18-11-17(4-6-19)5-7-20-12-17/h8-9,18-19H,4-7,10-12H2,1-3H3. The molecule has 0 bridgehead atoms. The van der Waals surface area contributed by atoms with E-state index in [0.717, 1.165) is 39.1 Å². The number of aryl methyl sites for hydroxylation is 3. The van der Waals surface area contributed by atoms with E-state index in [2.05, 4.69) is 38.2 Å². The van der Waals surface area contributed by atoms with Crippen molar-refractivity contribution in [2.24, 2.45) is 5.41 Å². The molecule has 1 heterocycles. The summed E-state index contributed by atoms with van der Waals surface area (Å²) >= 11 is 0. The van der Waals surface area contributed by atoms with Crippen molar-refractivity contribution in [2.45, 2.75) is 40.2 Å². The van der Waals surface area contributed by atoms with Crippen molar-refractivity contribution in [2.75, 3.05) is 26.4 Å². The van der Waals surface area contributed by atoms with Crippen LogP contribution < -0.4 is 5.32 Å². The van der Waals surface area contributed by atoms with Crippen LogP contribution in [0.3, 0.4) is 0 Å². The van der Waals surface area contributed by atoms with Crippen LogP contribution in [0.2, 0.25) is 0 Å². The molecular formula is C17H27NO2. The van der Waals surface area contributed by atoms with Crippen LogP contribution in [0, 0.1) is 26.2 Å². The van der Waals surface area contributed by atoms with Gasteiger partial charge in [-0.3, -0.25) is 0 Å². The van der Waals surface area contributed by atoms with E-state index in [1.165, 1.54) is 22.3 Å². The molecule has 1 fully saturated rings. The van der Waals surface area contributed by atoms with Gasteiger partial charge in [0.2, 0.25) is 0 Å². The lowest BCUT2D eigenvalue weighted by molar-refractivity contribution is 0.124. The molecule has 1 aliphatic heterocycles. The topological polar surface area (TPSA) is 41.5 Å². The first kappa shape index (κ1) is 15.5. The predicted octanol–water partition coefficient (Wildman–Crippen LogP) is 2.49. The van der Waals surface area contributed by atoms with Crippen molar-refractivity contribution < 1.29 is 9.84 Å². The lowest BCUT2D eigenvalue weighted by Gasteiger charge is -2.27. The lowest BCUT2D eigenvalue weighted by Crippen LogP contribution is -2.35. The monoisotopic (exact) mass is 277 g/mol. The summed E-state index contributed by atoms with van der Waals surface area (Å²) in [5.74, 6) is 0. The second-order valence-electron chi connectivity index (χ2n) is 6.24. The number of aliphatic hydroxyl groups is 1. The molecule has 0 amide bonds. The van der Waals surface area contributed by atoms with Gasteiger partial charge in [-0.05, 0) is 55.9 Å². The van der Waals surface area contributed by atoms with Gasteiger partial charge in [-0.1, -0.05) is 12.1 Å². The number of hydrogen-bond acceptors (Lipinski definition) is 3. The van der Waals surface area contributed by atoms with E-state index in [4.69, 9.17) is 4.74 Å². The van der Waals surface area contributed by atoms with Crippen LogP contribution in [0.5, 0.6) is 0 Å². The molecule has 1 aromatic rings. The van der Waals surface area contributed by atoms with E-state index in [1.807, 2.05) is 0 Å². The number of benzene rings is 1. The third-order valence-corrected chi connectivity index (χ3v) is 4.59. The van der Waals surface area contributed by atoms with Crippen molar-refractivity contribution in [1.82, 2.24) is 5.32 Å². The van der Waals surface area contributed by atoms with Gasteiger partial charge in [0.15, 0.2) is 0 Å². The SMILES string of the molecule is Cc1cc(C)c(CNCC2(CCO)CCOC2)cc1C. The molecule has 0 saturated carbocycles. The molecule has 1 saturated heterocycles. The van der Waals surface area contributed by atoms with Crippen LogP contribution in [0.4, 0.5) is 0 Å². The van der Waals surface area contributed by atoms with Crippen LogP contribution in [-0.4, -0.2) is 31.5 Å². The maximum atomic E-state index is 9.24. The van der Waals surface area contributed by atoms with Crippen LogP contribution in [0.1, 0.15) is 35.1 Å². The van der Waals surface area contributed by atoms with E-state index >= 15 is 0 Å². The highest BCUT2D eigenvalue weighted by Crippen LogP contribution is 2.31. The zero-order chi connectivity index (χ0) is 14.6. The summed E-state index contributed by atoms with van der Waals surface area (Å²) in [6.07, 6.45) is 1.87. The van der Waals surface area contributed by atoms with Crippen molar-refractivity contribution in [3.05, 3.63) is 34.4 Å². The van der Waals surface area contributed by atoms with Gasteiger partial charge in [0.1, 0.15) is 0 Å². The predicted molar refractivity (Wildman–Crippen MR) is 81.9 cm³/mol. The van der Waals surface area contributed by atoms with Gasteiger partial charge in [0.05, 0.1) is 6.61 Å². The number of rotatable bonds is 6. The van der Waals surface area contributed by atoms with Crippen LogP contribution >= 0.6 is 0 Å². The van der Waals surface area contributed by atoms with Gasteiger partial charge >= 0.3 is 0 Å². The number of ether oxygens (including phenoxy) is 1. The largest absolute Gasteiger partial charge is 0.396 e. The molecule has 1 atom stereocenters. The smallest absolute Gasteiger partial charge is 0.0536 e. The Hall–Kier alpha value is -0.900. The summed E-state index contributed by atoms with van der Waals surface area (Å²) in [5.41, 5.74) is 5.54. The molecule has 0 aliphatic carbocycles. The van der Waals surface area contributed by atoms with E-state index < -0.39 is 0 Å². The van der Waals surface area contributed by atoms with Crippen molar-refractivity contribution >= 4 is 0 Å². The molecule has 3 heteroatoms.